The first kappa shape index (κ1) is 23.6. The van der Waals surface area contributed by atoms with E-state index in [1.54, 1.807) is 11.7 Å². The van der Waals surface area contributed by atoms with Crippen molar-refractivity contribution in [2.24, 2.45) is 7.05 Å². The van der Waals surface area contributed by atoms with Crippen LogP contribution in [0.15, 0.2) is 29.1 Å². The number of benzene rings is 1. The number of hydrogen-bond acceptors (Lipinski definition) is 7. The summed E-state index contributed by atoms with van der Waals surface area (Å²) in [5.41, 5.74) is 0.0601. The van der Waals surface area contributed by atoms with Gasteiger partial charge in [-0.3, -0.25) is 4.57 Å². The molecule has 0 unspecified atom stereocenters. The highest BCUT2D eigenvalue weighted by Crippen LogP contribution is 2.32. The van der Waals surface area contributed by atoms with Gasteiger partial charge >= 0.3 is 11.9 Å². The summed E-state index contributed by atoms with van der Waals surface area (Å²) in [6.45, 7) is 3.81. The Kier molecular flexibility index (Phi) is 6.16. The molecule has 5 rings (SSSR count). The van der Waals surface area contributed by atoms with Gasteiger partial charge < -0.3 is 14.4 Å². The summed E-state index contributed by atoms with van der Waals surface area (Å²) in [5.74, 6) is 0.886. The summed E-state index contributed by atoms with van der Waals surface area (Å²) in [6.07, 6.45) is -1.33. The van der Waals surface area contributed by atoms with Crippen LogP contribution in [0.5, 0.6) is 5.75 Å². The van der Waals surface area contributed by atoms with E-state index < -0.39 is 17.4 Å². The number of halogens is 3. The van der Waals surface area contributed by atoms with Gasteiger partial charge in [0.1, 0.15) is 11.9 Å². The van der Waals surface area contributed by atoms with Crippen molar-refractivity contribution in [3.63, 3.8) is 0 Å². The summed E-state index contributed by atoms with van der Waals surface area (Å²) in [5, 5.41) is 8.65. The predicted molar refractivity (Wildman–Crippen MR) is 121 cm³/mol. The van der Waals surface area contributed by atoms with Gasteiger partial charge in [0.25, 0.3) is 0 Å². The Morgan fingerprint density at radius 1 is 1.20 bits per heavy atom. The lowest BCUT2D eigenvalue weighted by Crippen LogP contribution is -2.45. The third-order valence-electron chi connectivity index (χ3n) is 6.71. The molecule has 2 aliphatic rings. The quantitative estimate of drug-likeness (QED) is 0.541. The normalized spacial score (nSPS) is 23.2. The van der Waals surface area contributed by atoms with Crippen LogP contribution >= 0.6 is 0 Å². The van der Waals surface area contributed by atoms with Crippen LogP contribution in [0.1, 0.15) is 38.2 Å². The van der Waals surface area contributed by atoms with Crippen molar-refractivity contribution in [1.82, 2.24) is 24.5 Å². The molecule has 0 radical (unpaired) electrons. The summed E-state index contributed by atoms with van der Waals surface area (Å²) >= 11 is 0. The summed E-state index contributed by atoms with van der Waals surface area (Å²) < 4.78 is 53.3. The third-order valence-corrected chi connectivity index (χ3v) is 6.71. The molecule has 2 fully saturated rings. The van der Waals surface area contributed by atoms with Crippen molar-refractivity contribution in [1.29, 1.82) is 0 Å². The van der Waals surface area contributed by atoms with Gasteiger partial charge in [0.15, 0.2) is 17.0 Å². The molecule has 0 saturated carbocycles. The predicted octanol–water partition coefficient (Wildman–Crippen LogP) is 3.16. The van der Waals surface area contributed by atoms with Crippen LogP contribution in [0.2, 0.25) is 0 Å². The molecule has 0 bridgehead atoms. The molecular weight excluding hydrogens is 465 g/mol. The van der Waals surface area contributed by atoms with Gasteiger partial charge in [0, 0.05) is 39.1 Å². The molecule has 188 valence electrons. The minimum atomic E-state index is -4.38. The van der Waals surface area contributed by atoms with E-state index in [0.29, 0.717) is 48.7 Å². The number of piperidine rings is 1. The minimum Gasteiger partial charge on any atom is -0.490 e. The van der Waals surface area contributed by atoms with E-state index in [0.717, 1.165) is 31.6 Å². The van der Waals surface area contributed by atoms with Crippen LogP contribution in [-0.4, -0.2) is 55.9 Å². The topological polar surface area (TPSA) is 87.3 Å². The first-order chi connectivity index (χ1) is 16.7. The highest BCUT2D eigenvalue weighted by Gasteiger charge is 2.32. The van der Waals surface area contributed by atoms with Crippen LogP contribution in [0.4, 0.5) is 19.0 Å². The molecule has 4 heterocycles. The number of fused-ring (bicyclic) bond motifs is 1. The smallest absolute Gasteiger partial charge is 0.416 e. The Bertz CT molecular complexity index is 1250. The standard InChI is InChI=1S/C23H27F3N6O3/c1-14-12-17(35-16-7-5-15(6-8-16)23(24,25)26)9-10-31(14)20-19-21(30(2)22(33)27-20)32(29-28-19)13-18-4-3-11-34-18/h5-8,14,17-18H,3-4,9-13H2,1-2H3/t14-,17-,18-/m0/s1. The zero-order valence-corrected chi connectivity index (χ0v) is 19.5. The maximum atomic E-state index is 12.8. The molecule has 2 aliphatic heterocycles. The average molecular weight is 493 g/mol. The fourth-order valence-corrected chi connectivity index (χ4v) is 4.86. The van der Waals surface area contributed by atoms with E-state index in [9.17, 15) is 18.0 Å². The first-order valence-corrected chi connectivity index (χ1v) is 11.7. The van der Waals surface area contributed by atoms with Gasteiger partial charge in [-0.15, -0.1) is 5.10 Å². The number of rotatable bonds is 5. The molecule has 0 amide bonds. The molecule has 35 heavy (non-hydrogen) atoms. The highest BCUT2D eigenvalue weighted by molar-refractivity contribution is 5.83. The van der Waals surface area contributed by atoms with Crippen LogP contribution in [0.25, 0.3) is 11.2 Å². The maximum absolute atomic E-state index is 12.8. The van der Waals surface area contributed by atoms with E-state index in [2.05, 4.69) is 15.3 Å². The largest absolute Gasteiger partial charge is 0.490 e. The van der Waals surface area contributed by atoms with E-state index in [1.807, 2.05) is 11.8 Å². The van der Waals surface area contributed by atoms with Crippen LogP contribution in [0.3, 0.4) is 0 Å². The lowest BCUT2D eigenvalue weighted by molar-refractivity contribution is -0.137. The molecule has 9 nitrogen and oxygen atoms in total. The first-order valence-electron chi connectivity index (χ1n) is 11.7. The van der Waals surface area contributed by atoms with Gasteiger partial charge in [-0.05, 0) is 44.0 Å². The average Bonchev–Trinajstić information content (AvgIpc) is 3.47. The van der Waals surface area contributed by atoms with E-state index >= 15 is 0 Å². The Labute approximate surface area is 199 Å². The number of hydrogen-bond donors (Lipinski definition) is 0. The Hall–Kier alpha value is -3.15. The van der Waals surface area contributed by atoms with Crippen molar-refractivity contribution < 1.29 is 22.6 Å². The summed E-state index contributed by atoms with van der Waals surface area (Å²) in [7, 11) is 1.66. The number of aromatic nitrogens is 5. The fourth-order valence-electron chi connectivity index (χ4n) is 4.86. The lowest BCUT2D eigenvalue weighted by Gasteiger charge is -2.38. The number of alkyl halides is 3. The summed E-state index contributed by atoms with van der Waals surface area (Å²) in [4.78, 5) is 19.0. The number of ether oxygens (including phenoxy) is 2. The Morgan fingerprint density at radius 3 is 2.63 bits per heavy atom. The van der Waals surface area contributed by atoms with Crippen molar-refractivity contribution in [2.45, 2.75) is 63.6 Å². The molecular formula is C23H27F3N6O3. The monoisotopic (exact) mass is 492 g/mol. The highest BCUT2D eigenvalue weighted by atomic mass is 19.4. The summed E-state index contributed by atoms with van der Waals surface area (Å²) in [6, 6.07) is 4.70. The number of nitrogens with zero attached hydrogens (tertiary/aromatic N) is 6. The third kappa shape index (κ3) is 4.71. The SMILES string of the molecule is C[C@H]1C[C@@H](Oc2ccc(C(F)(F)F)cc2)CCN1c1nc(=O)n(C)c2c1nnn2C[C@@H]1CCCO1. The molecule has 0 aliphatic carbocycles. The Balaban J connectivity index is 1.33. The van der Waals surface area contributed by atoms with E-state index in [-0.39, 0.29) is 18.2 Å². The van der Waals surface area contributed by atoms with Crippen LogP contribution in [0, 0.1) is 0 Å². The van der Waals surface area contributed by atoms with Crippen LogP contribution in [-0.2, 0) is 24.5 Å². The number of anilines is 1. The van der Waals surface area contributed by atoms with Crippen molar-refractivity contribution >= 4 is 17.0 Å². The molecule has 0 N–H and O–H groups in total. The van der Waals surface area contributed by atoms with Gasteiger partial charge in [-0.2, -0.15) is 18.2 Å². The van der Waals surface area contributed by atoms with Crippen LogP contribution < -0.4 is 15.3 Å². The maximum Gasteiger partial charge on any atom is 0.416 e. The van der Waals surface area contributed by atoms with E-state index in [1.165, 1.54) is 16.7 Å². The van der Waals surface area contributed by atoms with Crippen molar-refractivity contribution in [3.05, 3.63) is 40.3 Å². The second-order valence-electron chi connectivity index (χ2n) is 9.18. The molecule has 0 spiro atoms. The van der Waals surface area contributed by atoms with Crippen molar-refractivity contribution in [3.8, 4) is 5.75 Å². The molecule has 3 aromatic rings. The second kappa shape index (κ2) is 9.14. The molecule has 1 aromatic carbocycles. The van der Waals surface area contributed by atoms with E-state index in [4.69, 9.17) is 9.47 Å². The molecule has 12 heteroatoms. The number of aryl methyl sites for hydroxylation is 1. The van der Waals surface area contributed by atoms with Crippen molar-refractivity contribution in [2.75, 3.05) is 18.1 Å². The minimum absolute atomic E-state index is 0.0330. The lowest BCUT2D eigenvalue weighted by atomic mass is 10.0. The molecule has 2 saturated heterocycles. The molecule has 2 aromatic heterocycles. The zero-order valence-electron chi connectivity index (χ0n) is 19.5. The van der Waals surface area contributed by atoms with Gasteiger partial charge in [0.05, 0.1) is 18.2 Å². The zero-order chi connectivity index (χ0) is 24.7. The van der Waals surface area contributed by atoms with Gasteiger partial charge in [0.2, 0.25) is 0 Å². The van der Waals surface area contributed by atoms with Gasteiger partial charge in [-0.25, -0.2) is 9.48 Å². The second-order valence-corrected chi connectivity index (χ2v) is 9.18. The van der Waals surface area contributed by atoms with Gasteiger partial charge in [-0.1, -0.05) is 5.21 Å². The fraction of sp³-hybridized carbons (Fsp3) is 0.565. The Morgan fingerprint density at radius 2 is 1.97 bits per heavy atom. The molecule has 3 atom stereocenters.